The lowest BCUT2D eigenvalue weighted by Gasteiger charge is -2.38. The van der Waals surface area contributed by atoms with Gasteiger partial charge in [0.1, 0.15) is 5.75 Å². The second-order valence-corrected chi connectivity index (χ2v) is 10.1. The molecule has 2 aromatic carbocycles. The maximum absolute atomic E-state index is 6.24. The number of likely N-dealkylation sites (tertiary alicyclic amines) is 1. The van der Waals surface area contributed by atoms with Gasteiger partial charge in [-0.25, -0.2) is 0 Å². The van der Waals surface area contributed by atoms with Gasteiger partial charge in [-0.3, -0.25) is 4.90 Å². The lowest BCUT2D eigenvalue weighted by atomic mass is 9.81. The summed E-state index contributed by atoms with van der Waals surface area (Å²) < 4.78 is 6.24. The average molecular weight is 434 g/mol. The standard InChI is InChI=1S/C28H39N3O/c1-29(2)23-11-9-22(10-12-23)27-21-31-18-6-8-28(31)26-20-24(13-14-25(26)27)32-19-7-17-30-15-4-3-5-16-30/h9-14,20,27-28H,3-8,15-19,21H2,1-2H3/t27-,28+/m1/s1. The highest BCUT2D eigenvalue weighted by Crippen LogP contribution is 2.45. The Hall–Kier alpha value is -2.04. The van der Waals surface area contributed by atoms with Crippen molar-refractivity contribution in [3.05, 3.63) is 59.2 Å². The Bertz CT molecular complexity index is 888. The third-order valence-corrected chi connectivity index (χ3v) is 7.72. The molecule has 0 N–H and O–H groups in total. The van der Waals surface area contributed by atoms with E-state index in [0.29, 0.717) is 12.0 Å². The van der Waals surface area contributed by atoms with Crippen molar-refractivity contribution in [3.63, 3.8) is 0 Å². The predicted molar refractivity (Wildman–Crippen MR) is 133 cm³/mol. The molecule has 2 saturated heterocycles. The zero-order valence-electron chi connectivity index (χ0n) is 19.9. The van der Waals surface area contributed by atoms with Gasteiger partial charge in [0, 0.05) is 44.8 Å². The van der Waals surface area contributed by atoms with Gasteiger partial charge in [0.15, 0.2) is 0 Å². The SMILES string of the molecule is CN(C)c1ccc([C@H]2CN3CCC[C@H]3c3cc(OCCCN4CCCCC4)ccc32)cc1. The Kier molecular flexibility index (Phi) is 6.70. The number of ether oxygens (including phenoxy) is 1. The van der Waals surface area contributed by atoms with Gasteiger partial charge in [0.25, 0.3) is 0 Å². The second kappa shape index (κ2) is 9.84. The Morgan fingerprint density at radius 1 is 0.906 bits per heavy atom. The summed E-state index contributed by atoms with van der Waals surface area (Å²) in [5.74, 6) is 1.50. The first-order chi connectivity index (χ1) is 15.7. The summed E-state index contributed by atoms with van der Waals surface area (Å²) in [7, 11) is 4.21. The molecule has 0 saturated carbocycles. The summed E-state index contributed by atoms with van der Waals surface area (Å²) in [6.45, 7) is 6.89. The van der Waals surface area contributed by atoms with Crippen LogP contribution in [0.15, 0.2) is 42.5 Å². The number of hydrogen-bond acceptors (Lipinski definition) is 4. The van der Waals surface area contributed by atoms with Gasteiger partial charge in [-0.1, -0.05) is 24.6 Å². The highest BCUT2D eigenvalue weighted by atomic mass is 16.5. The number of piperidine rings is 1. The maximum atomic E-state index is 6.24. The molecule has 3 aliphatic heterocycles. The van der Waals surface area contributed by atoms with Crippen LogP contribution in [0.2, 0.25) is 0 Å². The first kappa shape index (κ1) is 21.8. The van der Waals surface area contributed by atoms with E-state index >= 15 is 0 Å². The Balaban J connectivity index is 1.30. The molecule has 32 heavy (non-hydrogen) atoms. The van der Waals surface area contributed by atoms with Gasteiger partial charge in [-0.05, 0) is 92.7 Å². The van der Waals surface area contributed by atoms with Crippen molar-refractivity contribution in [2.75, 3.05) is 58.3 Å². The highest BCUT2D eigenvalue weighted by Gasteiger charge is 2.36. The molecule has 4 heteroatoms. The third-order valence-electron chi connectivity index (χ3n) is 7.72. The summed E-state index contributed by atoms with van der Waals surface area (Å²) in [6, 6.07) is 16.7. The van der Waals surface area contributed by atoms with Crippen LogP contribution in [0.3, 0.4) is 0 Å². The Morgan fingerprint density at radius 2 is 1.72 bits per heavy atom. The molecule has 4 nitrogen and oxygen atoms in total. The van der Waals surface area contributed by atoms with Crippen molar-refractivity contribution in [1.82, 2.24) is 9.80 Å². The number of benzene rings is 2. The molecule has 0 aliphatic carbocycles. The van der Waals surface area contributed by atoms with Crippen LogP contribution in [-0.2, 0) is 0 Å². The van der Waals surface area contributed by atoms with Crippen LogP contribution in [-0.4, -0.2) is 63.2 Å². The fraction of sp³-hybridized carbons (Fsp3) is 0.571. The minimum atomic E-state index is 0.448. The maximum Gasteiger partial charge on any atom is 0.119 e. The van der Waals surface area contributed by atoms with Crippen LogP contribution in [0.4, 0.5) is 5.69 Å². The van der Waals surface area contributed by atoms with E-state index in [1.54, 1.807) is 0 Å². The van der Waals surface area contributed by atoms with Crippen LogP contribution < -0.4 is 9.64 Å². The van der Waals surface area contributed by atoms with Gasteiger partial charge in [-0.2, -0.15) is 0 Å². The molecule has 2 fully saturated rings. The molecule has 0 unspecified atom stereocenters. The minimum Gasteiger partial charge on any atom is -0.494 e. The lowest BCUT2D eigenvalue weighted by Crippen LogP contribution is -2.34. The average Bonchev–Trinajstić information content (AvgIpc) is 3.31. The van der Waals surface area contributed by atoms with Gasteiger partial charge in [0.05, 0.1) is 6.61 Å². The number of rotatable bonds is 7. The van der Waals surface area contributed by atoms with Crippen LogP contribution in [0, 0.1) is 0 Å². The van der Waals surface area contributed by atoms with E-state index in [2.05, 4.69) is 71.3 Å². The van der Waals surface area contributed by atoms with Crippen LogP contribution in [0.1, 0.15) is 67.2 Å². The number of nitrogens with zero attached hydrogens (tertiary/aromatic N) is 3. The molecule has 0 radical (unpaired) electrons. The largest absolute Gasteiger partial charge is 0.494 e. The van der Waals surface area contributed by atoms with Gasteiger partial charge < -0.3 is 14.5 Å². The van der Waals surface area contributed by atoms with E-state index in [0.717, 1.165) is 25.3 Å². The summed E-state index contributed by atoms with van der Waals surface area (Å²) in [6.07, 6.45) is 7.83. The van der Waals surface area contributed by atoms with Crippen molar-refractivity contribution < 1.29 is 4.74 Å². The summed E-state index contributed by atoms with van der Waals surface area (Å²) in [5, 5.41) is 0. The molecule has 5 rings (SSSR count). The summed E-state index contributed by atoms with van der Waals surface area (Å²) in [5.41, 5.74) is 5.70. The quantitative estimate of drug-likeness (QED) is 0.552. The Labute approximate surface area is 194 Å². The van der Waals surface area contributed by atoms with Gasteiger partial charge in [0.2, 0.25) is 0 Å². The van der Waals surface area contributed by atoms with E-state index in [4.69, 9.17) is 4.74 Å². The molecular formula is C28H39N3O. The molecule has 2 atom stereocenters. The number of hydrogen-bond donors (Lipinski definition) is 0. The highest BCUT2D eigenvalue weighted by molar-refractivity contribution is 5.51. The fourth-order valence-corrected chi connectivity index (χ4v) is 5.93. The van der Waals surface area contributed by atoms with Crippen LogP contribution in [0.5, 0.6) is 5.75 Å². The summed E-state index contributed by atoms with van der Waals surface area (Å²) in [4.78, 5) is 7.47. The molecule has 172 valence electrons. The first-order valence-electron chi connectivity index (χ1n) is 12.7. The van der Waals surface area contributed by atoms with Crippen LogP contribution >= 0.6 is 0 Å². The lowest BCUT2D eigenvalue weighted by molar-refractivity contribution is 0.204. The number of anilines is 1. The van der Waals surface area contributed by atoms with E-state index in [1.807, 2.05) is 0 Å². The summed E-state index contributed by atoms with van der Waals surface area (Å²) >= 11 is 0. The van der Waals surface area contributed by atoms with Crippen LogP contribution in [0.25, 0.3) is 0 Å². The van der Waals surface area contributed by atoms with E-state index < -0.39 is 0 Å². The van der Waals surface area contributed by atoms with Crippen molar-refractivity contribution >= 4 is 5.69 Å². The molecule has 3 aliphatic rings. The predicted octanol–water partition coefficient (Wildman–Crippen LogP) is 5.29. The topological polar surface area (TPSA) is 19.0 Å². The van der Waals surface area contributed by atoms with Gasteiger partial charge >= 0.3 is 0 Å². The fourth-order valence-electron chi connectivity index (χ4n) is 5.93. The van der Waals surface area contributed by atoms with Gasteiger partial charge in [-0.15, -0.1) is 0 Å². The zero-order chi connectivity index (χ0) is 21.9. The minimum absolute atomic E-state index is 0.448. The van der Waals surface area contributed by atoms with E-state index in [-0.39, 0.29) is 0 Å². The Morgan fingerprint density at radius 3 is 2.50 bits per heavy atom. The zero-order valence-corrected chi connectivity index (χ0v) is 19.9. The molecule has 0 bridgehead atoms. The van der Waals surface area contributed by atoms with E-state index in [9.17, 15) is 0 Å². The molecule has 3 heterocycles. The monoisotopic (exact) mass is 433 g/mol. The molecular weight excluding hydrogens is 394 g/mol. The van der Waals surface area contributed by atoms with Crippen molar-refractivity contribution in [2.24, 2.45) is 0 Å². The molecule has 0 aromatic heterocycles. The number of fused-ring (bicyclic) bond motifs is 3. The third kappa shape index (κ3) is 4.67. The second-order valence-electron chi connectivity index (χ2n) is 10.1. The first-order valence-corrected chi connectivity index (χ1v) is 12.7. The van der Waals surface area contributed by atoms with Crippen molar-refractivity contribution in [2.45, 2.75) is 50.5 Å². The van der Waals surface area contributed by atoms with E-state index in [1.165, 1.54) is 80.7 Å². The smallest absolute Gasteiger partial charge is 0.119 e. The normalized spacial score (nSPS) is 23.6. The van der Waals surface area contributed by atoms with Crippen molar-refractivity contribution in [3.8, 4) is 5.75 Å². The molecule has 0 spiro atoms. The van der Waals surface area contributed by atoms with Crippen molar-refractivity contribution in [1.29, 1.82) is 0 Å². The molecule has 0 amide bonds. The molecule has 2 aromatic rings.